The second kappa shape index (κ2) is 8.38. The molecule has 3 rings (SSSR count). The second-order valence-corrected chi connectivity index (χ2v) is 6.96. The van der Waals surface area contributed by atoms with Gasteiger partial charge in [0.05, 0.1) is 26.4 Å². The van der Waals surface area contributed by atoms with Crippen LogP contribution in [-0.2, 0) is 4.79 Å². The summed E-state index contributed by atoms with van der Waals surface area (Å²) in [6.07, 6.45) is 0. The lowest BCUT2D eigenvalue weighted by molar-refractivity contribution is -0.384. The first-order chi connectivity index (χ1) is 12.9. The zero-order chi connectivity index (χ0) is 19.4. The average Bonchev–Trinajstić information content (AvgIpc) is 3.11. The molecule has 0 aliphatic heterocycles. The molecule has 11 heteroatoms. The van der Waals surface area contributed by atoms with E-state index in [1.54, 1.807) is 18.2 Å². The van der Waals surface area contributed by atoms with Crippen molar-refractivity contribution < 1.29 is 9.72 Å². The summed E-state index contributed by atoms with van der Waals surface area (Å²) >= 11 is 13.2. The van der Waals surface area contributed by atoms with Crippen LogP contribution < -0.4 is 5.32 Å². The highest BCUT2D eigenvalue weighted by Crippen LogP contribution is 2.28. The van der Waals surface area contributed by atoms with Gasteiger partial charge in [-0.05, 0) is 18.2 Å². The van der Waals surface area contributed by atoms with Crippen molar-refractivity contribution in [1.82, 2.24) is 15.2 Å². The molecule has 0 atom stereocenters. The van der Waals surface area contributed by atoms with Gasteiger partial charge < -0.3 is 5.32 Å². The van der Waals surface area contributed by atoms with Crippen molar-refractivity contribution in [3.8, 4) is 11.4 Å². The fourth-order valence-electron chi connectivity index (χ4n) is 2.12. The van der Waals surface area contributed by atoms with Crippen molar-refractivity contribution in [1.29, 1.82) is 0 Å². The maximum atomic E-state index is 12.1. The van der Waals surface area contributed by atoms with Crippen LogP contribution in [-0.4, -0.2) is 31.8 Å². The minimum atomic E-state index is -0.565. The number of thioether (sulfide) groups is 1. The zero-order valence-electron chi connectivity index (χ0n) is 13.5. The van der Waals surface area contributed by atoms with Crippen LogP contribution in [0.2, 0.25) is 10.0 Å². The third-order valence-corrected chi connectivity index (χ3v) is 4.87. The van der Waals surface area contributed by atoms with E-state index in [-0.39, 0.29) is 22.2 Å². The molecular formula is C16H11Cl2N5O3S. The molecule has 8 nitrogen and oxygen atoms in total. The number of aromatic amines is 1. The summed E-state index contributed by atoms with van der Waals surface area (Å²) in [6.45, 7) is 0. The van der Waals surface area contributed by atoms with Crippen molar-refractivity contribution in [3.63, 3.8) is 0 Å². The summed E-state index contributed by atoms with van der Waals surface area (Å²) in [7, 11) is 0. The highest BCUT2D eigenvalue weighted by molar-refractivity contribution is 7.99. The first-order valence-electron chi connectivity index (χ1n) is 7.48. The van der Waals surface area contributed by atoms with Gasteiger partial charge in [-0.25, -0.2) is 4.98 Å². The smallest absolute Gasteiger partial charge is 0.271 e. The molecule has 0 aliphatic carbocycles. The van der Waals surface area contributed by atoms with Gasteiger partial charge in [-0.2, -0.15) is 0 Å². The molecule has 0 saturated heterocycles. The number of hydrogen-bond donors (Lipinski definition) is 2. The lowest BCUT2D eigenvalue weighted by atomic mass is 10.2. The quantitative estimate of drug-likeness (QED) is 0.344. The van der Waals surface area contributed by atoms with Crippen LogP contribution in [0.5, 0.6) is 0 Å². The fraction of sp³-hybridized carbons (Fsp3) is 0.0625. The zero-order valence-corrected chi connectivity index (χ0v) is 15.8. The maximum Gasteiger partial charge on any atom is 0.271 e. The van der Waals surface area contributed by atoms with Gasteiger partial charge >= 0.3 is 0 Å². The molecule has 0 fully saturated rings. The number of amides is 1. The maximum absolute atomic E-state index is 12.1. The van der Waals surface area contributed by atoms with E-state index in [9.17, 15) is 14.9 Å². The predicted molar refractivity (Wildman–Crippen MR) is 104 cm³/mol. The van der Waals surface area contributed by atoms with E-state index in [1.807, 2.05) is 6.07 Å². The van der Waals surface area contributed by atoms with Crippen molar-refractivity contribution in [2.75, 3.05) is 11.1 Å². The van der Waals surface area contributed by atoms with E-state index in [4.69, 9.17) is 23.2 Å². The Balaban J connectivity index is 1.63. The van der Waals surface area contributed by atoms with Gasteiger partial charge in [-0.3, -0.25) is 20.0 Å². The molecule has 2 N–H and O–H groups in total. The normalized spacial score (nSPS) is 10.6. The molecular weight excluding hydrogens is 413 g/mol. The number of nitro groups is 1. The number of aromatic nitrogens is 3. The van der Waals surface area contributed by atoms with Gasteiger partial charge in [0, 0.05) is 17.7 Å². The number of anilines is 1. The van der Waals surface area contributed by atoms with E-state index in [0.29, 0.717) is 21.6 Å². The van der Waals surface area contributed by atoms with Gasteiger partial charge in [-0.1, -0.05) is 47.1 Å². The molecule has 2 aromatic carbocycles. The Bertz CT molecular complexity index is 1010. The first kappa shape index (κ1) is 19.2. The molecule has 0 bridgehead atoms. The second-order valence-electron chi connectivity index (χ2n) is 5.20. The molecule has 3 aromatic rings. The molecule has 27 heavy (non-hydrogen) atoms. The number of halogens is 2. The number of nitrogens with one attached hydrogen (secondary N) is 2. The Morgan fingerprint density at radius 3 is 2.74 bits per heavy atom. The van der Waals surface area contributed by atoms with Gasteiger partial charge in [0.15, 0.2) is 5.82 Å². The van der Waals surface area contributed by atoms with Gasteiger partial charge in [0.1, 0.15) is 0 Å². The number of nitro benzene ring substituents is 1. The summed E-state index contributed by atoms with van der Waals surface area (Å²) in [5.41, 5.74) is 0.704. The number of carbonyl (C=O) groups is 1. The highest BCUT2D eigenvalue weighted by atomic mass is 35.5. The van der Waals surface area contributed by atoms with Crippen LogP contribution in [0.15, 0.2) is 47.6 Å². The van der Waals surface area contributed by atoms with Crippen molar-refractivity contribution in [2.24, 2.45) is 0 Å². The van der Waals surface area contributed by atoms with Gasteiger partial charge in [0.2, 0.25) is 11.1 Å². The summed E-state index contributed by atoms with van der Waals surface area (Å²) in [5.74, 6) is 0.0930. The van der Waals surface area contributed by atoms with Crippen LogP contribution in [0.25, 0.3) is 11.4 Å². The monoisotopic (exact) mass is 423 g/mol. The molecule has 1 amide bonds. The number of rotatable bonds is 6. The third-order valence-electron chi connectivity index (χ3n) is 3.36. The lowest BCUT2D eigenvalue weighted by Gasteiger charge is -2.06. The molecule has 1 heterocycles. The Morgan fingerprint density at radius 2 is 2.00 bits per heavy atom. The fourth-order valence-corrected chi connectivity index (χ4v) is 3.11. The minimum Gasteiger partial charge on any atom is -0.324 e. The van der Waals surface area contributed by atoms with Gasteiger partial charge in [0.25, 0.3) is 5.69 Å². The van der Waals surface area contributed by atoms with Crippen LogP contribution in [0.1, 0.15) is 0 Å². The summed E-state index contributed by atoms with van der Waals surface area (Å²) in [5, 5.41) is 21.3. The van der Waals surface area contributed by atoms with E-state index in [2.05, 4.69) is 20.5 Å². The number of hydrogen-bond acceptors (Lipinski definition) is 6. The third kappa shape index (κ3) is 4.76. The van der Waals surface area contributed by atoms with Crippen LogP contribution >= 0.6 is 35.0 Å². The van der Waals surface area contributed by atoms with Crippen LogP contribution in [0.4, 0.5) is 11.4 Å². The number of benzene rings is 2. The van der Waals surface area contributed by atoms with E-state index in [0.717, 1.165) is 11.8 Å². The summed E-state index contributed by atoms with van der Waals surface area (Å²) < 4.78 is 0. The molecule has 0 spiro atoms. The topological polar surface area (TPSA) is 114 Å². The number of non-ortho nitro benzene ring substituents is 1. The lowest BCUT2D eigenvalue weighted by Crippen LogP contribution is -2.14. The van der Waals surface area contributed by atoms with Crippen molar-refractivity contribution >= 4 is 52.2 Å². The molecule has 1 aromatic heterocycles. The first-order valence-corrected chi connectivity index (χ1v) is 9.22. The average molecular weight is 424 g/mol. The number of nitrogens with zero attached hydrogens (tertiary/aromatic N) is 3. The Labute approximate surface area is 167 Å². The molecule has 0 saturated carbocycles. The highest BCUT2D eigenvalue weighted by Gasteiger charge is 2.14. The summed E-state index contributed by atoms with van der Waals surface area (Å²) in [6, 6.07) is 11.0. The van der Waals surface area contributed by atoms with Crippen LogP contribution in [0.3, 0.4) is 0 Å². The molecule has 0 aliphatic rings. The van der Waals surface area contributed by atoms with Crippen molar-refractivity contribution in [2.45, 2.75) is 5.16 Å². The summed E-state index contributed by atoms with van der Waals surface area (Å²) in [4.78, 5) is 26.6. The predicted octanol–water partition coefficient (Wildman–Crippen LogP) is 4.42. The van der Waals surface area contributed by atoms with Gasteiger partial charge in [-0.15, -0.1) is 5.10 Å². The Kier molecular flexibility index (Phi) is 5.94. The number of H-pyrrole nitrogens is 1. The largest absolute Gasteiger partial charge is 0.324 e. The van der Waals surface area contributed by atoms with E-state index >= 15 is 0 Å². The molecule has 138 valence electrons. The molecule has 0 radical (unpaired) electrons. The van der Waals surface area contributed by atoms with E-state index < -0.39 is 10.8 Å². The molecule has 0 unspecified atom stereocenters. The van der Waals surface area contributed by atoms with E-state index in [1.165, 1.54) is 18.2 Å². The SMILES string of the molecule is O=C(CSc1n[nH]c(-c2ccccc2Cl)n1)Nc1cc([N+](=O)[O-])ccc1Cl. The van der Waals surface area contributed by atoms with Crippen LogP contribution in [0, 0.1) is 10.1 Å². The number of carbonyl (C=O) groups excluding carboxylic acids is 1. The standard InChI is InChI=1S/C16H11Cl2N5O3S/c17-11-4-2-1-3-10(11)15-20-16(22-21-15)27-8-14(24)19-13-7-9(23(25)26)5-6-12(13)18/h1-7H,8H2,(H,19,24)(H,20,21,22). The van der Waals surface area contributed by atoms with Crippen molar-refractivity contribution in [3.05, 3.63) is 62.6 Å². The minimum absolute atomic E-state index is 0.00115. The Hall–Kier alpha value is -2.62. The Morgan fingerprint density at radius 1 is 1.22 bits per heavy atom.